The van der Waals surface area contributed by atoms with Crippen LogP contribution in [0, 0.1) is 5.92 Å². The summed E-state index contributed by atoms with van der Waals surface area (Å²) in [6.45, 7) is 0. The molecule has 1 aromatic heterocycles. The molecule has 3 nitrogen and oxygen atoms in total. The van der Waals surface area contributed by atoms with E-state index in [0.29, 0.717) is 16.6 Å². The van der Waals surface area contributed by atoms with Crippen LogP contribution in [-0.2, 0) is 4.79 Å². The fourth-order valence-electron chi connectivity index (χ4n) is 3.08. The molecule has 122 valence electrons. The molecule has 1 aromatic carbocycles. The first-order valence-corrected chi connectivity index (χ1v) is 9.48. The summed E-state index contributed by atoms with van der Waals surface area (Å²) in [6, 6.07) is 7.56. The van der Waals surface area contributed by atoms with Crippen molar-refractivity contribution in [1.82, 2.24) is 4.98 Å². The zero-order chi connectivity index (χ0) is 16.1. The maximum absolute atomic E-state index is 12.1. The predicted molar refractivity (Wildman–Crippen MR) is 97.0 cm³/mol. The van der Waals surface area contributed by atoms with Crippen molar-refractivity contribution in [2.75, 3.05) is 5.32 Å². The first-order chi connectivity index (χ1) is 11.2. The number of thiazole rings is 1. The van der Waals surface area contributed by atoms with Crippen LogP contribution in [0.4, 0.5) is 5.13 Å². The summed E-state index contributed by atoms with van der Waals surface area (Å²) in [5, 5.41) is 6.26. The molecule has 1 aliphatic rings. The molecule has 0 saturated heterocycles. The first-order valence-electron chi connectivity index (χ1n) is 8.22. The van der Waals surface area contributed by atoms with Gasteiger partial charge in [-0.05, 0) is 24.5 Å². The molecular weight excluding hydrogens is 328 g/mol. The average Bonchev–Trinajstić information content (AvgIpc) is 3.03. The quantitative estimate of drug-likeness (QED) is 0.746. The molecule has 23 heavy (non-hydrogen) atoms. The Labute approximate surface area is 146 Å². The maximum atomic E-state index is 12.1. The Morgan fingerprint density at radius 3 is 2.70 bits per heavy atom. The van der Waals surface area contributed by atoms with Crippen molar-refractivity contribution in [3.05, 3.63) is 34.7 Å². The Morgan fingerprint density at radius 1 is 1.22 bits per heavy atom. The highest BCUT2D eigenvalue weighted by Gasteiger charge is 2.15. The molecule has 1 saturated carbocycles. The molecule has 1 amide bonds. The number of hydrogen-bond donors (Lipinski definition) is 1. The van der Waals surface area contributed by atoms with Gasteiger partial charge in [0, 0.05) is 22.4 Å². The van der Waals surface area contributed by atoms with Crippen LogP contribution in [0.3, 0.4) is 0 Å². The number of nitrogens with zero attached hydrogens (tertiary/aromatic N) is 1. The van der Waals surface area contributed by atoms with E-state index >= 15 is 0 Å². The van der Waals surface area contributed by atoms with E-state index in [-0.39, 0.29) is 5.91 Å². The molecule has 0 atom stereocenters. The van der Waals surface area contributed by atoms with Gasteiger partial charge in [0.1, 0.15) is 0 Å². The summed E-state index contributed by atoms with van der Waals surface area (Å²) in [6.07, 6.45) is 8.17. The van der Waals surface area contributed by atoms with E-state index in [1.807, 2.05) is 29.6 Å². The van der Waals surface area contributed by atoms with E-state index in [1.165, 1.54) is 43.4 Å². The SMILES string of the molecule is O=C(CCC1CCCCC1)Nc1nc(-c2ccc(Cl)cc2)cs1. The third-order valence-corrected chi connectivity index (χ3v) is 5.40. The van der Waals surface area contributed by atoms with Gasteiger partial charge in [-0.2, -0.15) is 0 Å². The van der Waals surface area contributed by atoms with Gasteiger partial charge in [0.25, 0.3) is 0 Å². The highest BCUT2D eigenvalue weighted by molar-refractivity contribution is 7.14. The van der Waals surface area contributed by atoms with Crippen molar-refractivity contribution < 1.29 is 4.79 Å². The van der Waals surface area contributed by atoms with Gasteiger partial charge in [-0.25, -0.2) is 4.98 Å². The number of halogens is 1. The van der Waals surface area contributed by atoms with Gasteiger partial charge >= 0.3 is 0 Å². The second-order valence-electron chi connectivity index (χ2n) is 6.14. The van der Waals surface area contributed by atoms with E-state index in [9.17, 15) is 4.79 Å². The summed E-state index contributed by atoms with van der Waals surface area (Å²) in [7, 11) is 0. The number of benzene rings is 1. The highest BCUT2D eigenvalue weighted by Crippen LogP contribution is 2.28. The molecule has 0 spiro atoms. The minimum atomic E-state index is 0.0765. The van der Waals surface area contributed by atoms with Crippen LogP contribution in [0.1, 0.15) is 44.9 Å². The van der Waals surface area contributed by atoms with E-state index < -0.39 is 0 Å². The molecular formula is C18H21ClN2OS. The summed E-state index contributed by atoms with van der Waals surface area (Å²) in [5.41, 5.74) is 1.88. The molecule has 5 heteroatoms. The number of amides is 1. The van der Waals surface area contributed by atoms with E-state index in [0.717, 1.165) is 23.6 Å². The Bertz CT molecular complexity index is 647. The van der Waals surface area contributed by atoms with Gasteiger partial charge in [0.2, 0.25) is 5.91 Å². The lowest BCUT2D eigenvalue weighted by Crippen LogP contribution is -2.14. The van der Waals surface area contributed by atoms with Crippen molar-refractivity contribution in [3.8, 4) is 11.3 Å². The normalized spacial score (nSPS) is 15.5. The lowest BCUT2D eigenvalue weighted by atomic mass is 9.86. The van der Waals surface area contributed by atoms with Crippen molar-refractivity contribution in [2.24, 2.45) is 5.92 Å². The fourth-order valence-corrected chi connectivity index (χ4v) is 3.94. The van der Waals surface area contributed by atoms with Gasteiger partial charge in [-0.1, -0.05) is 55.8 Å². The van der Waals surface area contributed by atoms with Crippen LogP contribution < -0.4 is 5.32 Å². The number of hydrogen-bond acceptors (Lipinski definition) is 3. The topological polar surface area (TPSA) is 42.0 Å². The second-order valence-corrected chi connectivity index (χ2v) is 7.43. The minimum absolute atomic E-state index is 0.0765. The van der Waals surface area contributed by atoms with Gasteiger partial charge in [0.15, 0.2) is 5.13 Å². The first kappa shape index (κ1) is 16.5. The molecule has 0 unspecified atom stereocenters. The lowest BCUT2D eigenvalue weighted by Gasteiger charge is -2.20. The summed E-state index contributed by atoms with van der Waals surface area (Å²) in [5.74, 6) is 0.808. The van der Waals surface area contributed by atoms with Crippen LogP contribution in [0.2, 0.25) is 5.02 Å². The molecule has 3 rings (SSSR count). The van der Waals surface area contributed by atoms with E-state index in [4.69, 9.17) is 11.6 Å². The third-order valence-electron chi connectivity index (χ3n) is 4.39. The van der Waals surface area contributed by atoms with Crippen LogP contribution in [0.5, 0.6) is 0 Å². The predicted octanol–water partition coefficient (Wildman–Crippen LogP) is 5.76. The standard InChI is InChI=1S/C18H21ClN2OS/c19-15-9-7-14(8-10-15)16-12-23-18(20-16)21-17(22)11-6-13-4-2-1-3-5-13/h7-10,12-13H,1-6,11H2,(H,20,21,22). The van der Waals surface area contributed by atoms with E-state index in [2.05, 4.69) is 10.3 Å². The largest absolute Gasteiger partial charge is 0.302 e. The van der Waals surface area contributed by atoms with Crippen molar-refractivity contribution in [3.63, 3.8) is 0 Å². The van der Waals surface area contributed by atoms with Gasteiger partial charge < -0.3 is 5.32 Å². The van der Waals surface area contributed by atoms with Gasteiger partial charge in [-0.15, -0.1) is 11.3 Å². The third kappa shape index (κ3) is 4.79. The molecule has 1 aliphatic carbocycles. The average molecular weight is 349 g/mol. The number of anilines is 1. The monoisotopic (exact) mass is 348 g/mol. The number of carbonyl (C=O) groups excluding carboxylic acids is 1. The van der Waals surface area contributed by atoms with Crippen LogP contribution in [-0.4, -0.2) is 10.9 Å². The Kier molecular flexibility index (Phi) is 5.68. The number of rotatable bonds is 5. The molecule has 2 aromatic rings. The van der Waals surface area contributed by atoms with Crippen molar-refractivity contribution in [2.45, 2.75) is 44.9 Å². The van der Waals surface area contributed by atoms with Crippen LogP contribution in [0.25, 0.3) is 11.3 Å². The molecule has 1 fully saturated rings. The Balaban J connectivity index is 1.51. The van der Waals surface area contributed by atoms with Crippen molar-refractivity contribution in [1.29, 1.82) is 0 Å². The van der Waals surface area contributed by atoms with E-state index in [1.54, 1.807) is 0 Å². The molecule has 0 aliphatic heterocycles. The van der Waals surface area contributed by atoms with Gasteiger partial charge in [-0.3, -0.25) is 4.79 Å². The zero-order valence-corrected chi connectivity index (χ0v) is 14.6. The van der Waals surface area contributed by atoms with Crippen LogP contribution >= 0.6 is 22.9 Å². The smallest absolute Gasteiger partial charge is 0.226 e. The zero-order valence-electron chi connectivity index (χ0n) is 13.1. The molecule has 1 N–H and O–H groups in total. The second kappa shape index (κ2) is 7.93. The summed E-state index contributed by atoms with van der Waals surface area (Å²) in [4.78, 5) is 16.6. The van der Waals surface area contributed by atoms with Crippen molar-refractivity contribution >= 4 is 34.0 Å². The Morgan fingerprint density at radius 2 is 1.96 bits per heavy atom. The molecule has 0 radical (unpaired) electrons. The minimum Gasteiger partial charge on any atom is -0.302 e. The summed E-state index contributed by atoms with van der Waals surface area (Å²) < 4.78 is 0. The number of nitrogens with one attached hydrogen (secondary N) is 1. The number of aromatic nitrogens is 1. The summed E-state index contributed by atoms with van der Waals surface area (Å²) >= 11 is 7.36. The molecule has 1 heterocycles. The molecule has 0 bridgehead atoms. The number of carbonyl (C=O) groups is 1. The fraction of sp³-hybridized carbons (Fsp3) is 0.444. The van der Waals surface area contributed by atoms with Gasteiger partial charge in [0.05, 0.1) is 5.69 Å². The van der Waals surface area contributed by atoms with Crippen LogP contribution in [0.15, 0.2) is 29.6 Å². The maximum Gasteiger partial charge on any atom is 0.226 e. The lowest BCUT2D eigenvalue weighted by molar-refractivity contribution is -0.116. The highest BCUT2D eigenvalue weighted by atomic mass is 35.5. The Hall–Kier alpha value is -1.39.